The molecule has 3 rings (SSSR count). The monoisotopic (exact) mass is 432 g/mol. The predicted molar refractivity (Wildman–Crippen MR) is 123 cm³/mol. The average molecular weight is 433 g/mol. The van der Waals surface area contributed by atoms with E-state index in [9.17, 15) is 0 Å². The molecule has 1 fully saturated rings. The van der Waals surface area contributed by atoms with E-state index in [1.165, 1.54) is 5.69 Å². The molecule has 1 aliphatic heterocycles. The summed E-state index contributed by atoms with van der Waals surface area (Å²) in [6.07, 6.45) is 3.99. The van der Waals surface area contributed by atoms with Crippen LogP contribution in [0.3, 0.4) is 0 Å². The van der Waals surface area contributed by atoms with Gasteiger partial charge in [0.25, 0.3) is 0 Å². The third-order valence-corrected chi connectivity index (χ3v) is 5.46. The molecule has 1 unspecified atom stereocenters. The van der Waals surface area contributed by atoms with Crippen LogP contribution in [0.5, 0.6) is 11.5 Å². The lowest BCUT2D eigenvalue weighted by Crippen LogP contribution is -2.38. The molecule has 1 aliphatic rings. The highest BCUT2D eigenvalue weighted by molar-refractivity contribution is 5.88. The molecule has 172 valence electrons. The normalized spacial score (nSPS) is 16.6. The summed E-state index contributed by atoms with van der Waals surface area (Å²) in [6.45, 7) is 4.96. The van der Waals surface area contributed by atoms with E-state index in [2.05, 4.69) is 26.7 Å². The number of ether oxygens (including phenoxy) is 4. The van der Waals surface area contributed by atoms with Gasteiger partial charge in [-0.25, -0.2) is 0 Å². The summed E-state index contributed by atoms with van der Waals surface area (Å²) in [6, 6.07) is 6.06. The van der Waals surface area contributed by atoms with E-state index in [4.69, 9.17) is 18.9 Å². The van der Waals surface area contributed by atoms with Crippen LogP contribution in [-0.2, 0) is 15.9 Å². The predicted octanol–water partition coefficient (Wildman–Crippen LogP) is 2.73. The summed E-state index contributed by atoms with van der Waals surface area (Å²) in [4.78, 5) is 7.75. The second-order valence-electron chi connectivity index (χ2n) is 7.77. The molecule has 0 spiro atoms. The number of guanidine groups is 1. The van der Waals surface area contributed by atoms with Crippen molar-refractivity contribution < 1.29 is 18.9 Å². The zero-order chi connectivity index (χ0) is 21.9. The number of nitrogens with one attached hydrogen (secondary N) is 3. The molecular formula is C23H36N4O4. The number of benzene rings is 1. The Labute approximate surface area is 184 Å². The van der Waals surface area contributed by atoms with E-state index in [-0.39, 0.29) is 0 Å². The number of aromatic nitrogens is 1. The Morgan fingerprint density at radius 3 is 2.71 bits per heavy atom. The highest BCUT2D eigenvalue weighted by Gasteiger charge is 2.15. The molecule has 1 saturated heterocycles. The lowest BCUT2D eigenvalue weighted by molar-refractivity contribution is 0.0888. The van der Waals surface area contributed by atoms with Gasteiger partial charge in [0.2, 0.25) is 0 Å². The van der Waals surface area contributed by atoms with Gasteiger partial charge in [-0.1, -0.05) is 0 Å². The van der Waals surface area contributed by atoms with Crippen LogP contribution in [0.25, 0.3) is 10.9 Å². The number of rotatable bonds is 12. The number of methoxy groups -OCH3 is 2. The third kappa shape index (κ3) is 7.04. The first-order valence-corrected chi connectivity index (χ1v) is 11.1. The molecule has 2 aromatic rings. The number of aliphatic imine (C=N–C) groups is 1. The van der Waals surface area contributed by atoms with Gasteiger partial charge in [-0.3, -0.25) is 4.99 Å². The fourth-order valence-corrected chi connectivity index (χ4v) is 3.71. The molecule has 2 heterocycles. The van der Waals surface area contributed by atoms with Gasteiger partial charge in [0.15, 0.2) is 5.96 Å². The van der Waals surface area contributed by atoms with E-state index in [1.807, 2.05) is 12.1 Å². The molecular weight excluding hydrogens is 396 g/mol. The van der Waals surface area contributed by atoms with E-state index in [1.54, 1.807) is 21.3 Å². The number of H-pyrrole nitrogens is 1. The van der Waals surface area contributed by atoms with Crippen molar-refractivity contribution in [2.24, 2.45) is 10.9 Å². The summed E-state index contributed by atoms with van der Waals surface area (Å²) in [5.41, 5.74) is 2.20. The summed E-state index contributed by atoms with van der Waals surface area (Å²) < 4.78 is 21.9. The lowest BCUT2D eigenvalue weighted by Gasteiger charge is -2.12. The number of fused-ring (bicyclic) bond motifs is 1. The molecule has 0 amide bonds. The van der Waals surface area contributed by atoms with Crippen molar-refractivity contribution in [3.05, 3.63) is 23.9 Å². The van der Waals surface area contributed by atoms with E-state index in [0.717, 1.165) is 93.6 Å². The van der Waals surface area contributed by atoms with E-state index in [0.29, 0.717) is 5.92 Å². The van der Waals surface area contributed by atoms with Crippen molar-refractivity contribution in [2.45, 2.75) is 25.7 Å². The van der Waals surface area contributed by atoms with Crippen molar-refractivity contribution >= 4 is 16.9 Å². The van der Waals surface area contributed by atoms with Crippen molar-refractivity contribution in [2.75, 3.05) is 60.8 Å². The fraction of sp³-hybridized carbons (Fsp3) is 0.609. The maximum atomic E-state index is 5.74. The summed E-state index contributed by atoms with van der Waals surface area (Å²) in [5.74, 6) is 3.00. The second kappa shape index (κ2) is 12.4. The second-order valence-corrected chi connectivity index (χ2v) is 7.77. The van der Waals surface area contributed by atoms with Crippen LogP contribution < -0.4 is 20.1 Å². The van der Waals surface area contributed by atoms with E-state index < -0.39 is 0 Å². The van der Waals surface area contributed by atoms with Crippen LogP contribution in [0, 0.1) is 5.92 Å². The topological polar surface area (TPSA) is 89.1 Å². The van der Waals surface area contributed by atoms with Crippen molar-refractivity contribution in [1.82, 2.24) is 15.6 Å². The number of aryl methyl sites for hydroxylation is 1. The first-order chi connectivity index (χ1) is 15.2. The fourth-order valence-electron chi connectivity index (χ4n) is 3.71. The van der Waals surface area contributed by atoms with Crippen LogP contribution in [0.4, 0.5) is 0 Å². The van der Waals surface area contributed by atoms with Gasteiger partial charge < -0.3 is 34.6 Å². The molecule has 8 heteroatoms. The highest BCUT2D eigenvalue weighted by atomic mass is 16.5. The van der Waals surface area contributed by atoms with Crippen LogP contribution >= 0.6 is 0 Å². The smallest absolute Gasteiger partial charge is 0.190 e. The molecule has 0 radical (unpaired) electrons. The van der Waals surface area contributed by atoms with Gasteiger partial charge in [-0.15, -0.1) is 0 Å². The third-order valence-electron chi connectivity index (χ3n) is 5.46. The molecule has 3 N–H and O–H groups in total. The minimum Gasteiger partial charge on any atom is -0.497 e. The van der Waals surface area contributed by atoms with Crippen LogP contribution in [0.1, 0.15) is 25.0 Å². The van der Waals surface area contributed by atoms with Crippen LogP contribution in [-0.4, -0.2) is 71.7 Å². The lowest BCUT2D eigenvalue weighted by atomic mass is 10.1. The maximum absolute atomic E-state index is 5.74. The molecule has 31 heavy (non-hydrogen) atoms. The Bertz CT molecular complexity index is 830. The first-order valence-electron chi connectivity index (χ1n) is 11.1. The zero-order valence-electron chi connectivity index (χ0n) is 19.0. The number of aromatic amines is 1. The van der Waals surface area contributed by atoms with Gasteiger partial charge in [0.1, 0.15) is 11.5 Å². The number of hydrogen-bond acceptors (Lipinski definition) is 5. The van der Waals surface area contributed by atoms with Crippen molar-refractivity contribution in [3.63, 3.8) is 0 Å². The quantitative estimate of drug-likeness (QED) is 0.272. The molecule has 0 bridgehead atoms. The van der Waals surface area contributed by atoms with Crippen molar-refractivity contribution in [1.29, 1.82) is 0 Å². The molecule has 1 atom stereocenters. The SMILES string of the molecule is CN=C(NCCCOCC1CCOC1)NCCCc1cc2c(OC)cc(OC)cc2[nH]1. The Morgan fingerprint density at radius 1 is 1.16 bits per heavy atom. The standard InChI is InChI=1S/C23H36N4O4/c1-24-23(26-9-5-10-30-15-17-7-11-31-16-17)25-8-4-6-18-12-20-21(27-18)13-19(28-2)14-22(20)29-3/h12-14,17,27H,4-11,15-16H2,1-3H3,(H2,24,25,26). The van der Waals surface area contributed by atoms with Gasteiger partial charge in [-0.2, -0.15) is 0 Å². The average Bonchev–Trinajstić information content (AvgIpc) is 3.46. The van der Waals surface area contributed by atoms with Gasteiger partial charge in [0, 0.05) is 62.5 Å². The summed E-state index contributed by atoms with van der Waals surface area (Å²) >= 11 is 0. The summed E-state index contributed by atoms with van der Waals surface area (Å²) in [7, 11) is 5.14. The van der Waals surface area contributed by atoms with Crippen LogP contribution in [0.2, 0.25) is 0 Å². The number of hydrogen-bond donors (Lipinski definition) is 3. The Morgan fingerprint density at radius 2 is 2.00 bits per heavy atom. The summed E-state index contributed by atoms with van der Waals surface area (Å²) in [5, 5.41) is 7.79. The van der Waals surface area contributed by atoms with Gasteiger partial charge in [0.05, 0.1) is 33.0 Å². The number of nitrogens with zero attached hydrogens (tertiary/aromatic N) is 1. The van der Waals surface area contributed by atoms with Crippen molar-refractivity contribution in [3.8, 4) is 11.5 Å². The minimum atomic E-state index is 0.572. The zero-order valence-corrected chi connectivity index (χ0v) is 19.0. The minimum absolute atomic E-state index is 0.572. The first kappa shape index (κ1) is 23.2. The largest absolute Gasteiger partial charge is 0.497 e. The molecule has 8 nitrogen and oxygen atoms in total. The Kier molecular flexibility index (Phi) is 9.30. The molecule has 0 saturated carbocycles. The van der Waals surface area contributed by atoms with E-state index >= 15 is 0 Å². The molecule has 1 aromatic heterocycles. The Hall–Kier alpha value is -2.45. The molecule has 1 aromatic carbocycles. The molecule has 0 aliphatic carbocycles. The van der Waals surface area contributed by atoms with Gasteiger partial charge >= 0.3 is 0 Å². The van der Waals surface area contributed by atoms with Gasteiger partial charge in [-0.05, 0) is 31.7 Å². The highest BCUT2D eigenvalue weighted by Crippen LogP contribution is 2.31. The maximum Gasteiger partial charge on any atom is 0.190 e. The van der Waals surface area contributed by atoms with Crippen LogP contribution in [0.15, 0.2) is 23.2 Å². The Balaban J connectivity index is 1.32.